The largest absolute Gasteiger partial charge is 0.497 e. The summed E-state index contributed by atoms with van der Waals surface area (Å²) < 4.78 is 43.4. The summed E-state index contributed by atoms with van der Waals surface area (Å²) >= 11 is 0. The molecule has 0 bridgehead atoms. The van der Waals surface area contributed by atoms with E-state index < -0.39 is 10.0 Å². The van der Waals surface area contributed by atoms with E-state index in [2.05, 4.69) is 15.0 Å². The van der Waals surface area contributed by atoms with Gasteiger partial charge in [0.25, 0.3) is 0 Å². The number of halogens is 1. The Morgan fingerprint density at radius 3 is 2.58 bits per heavy atom. The van der Waals surface area contributed by atoms with E-state index in [9.17, 15) is 8.42 Å². The van der Waals surface area contributed by atoms with Crippen LogP contribution in [0.2, 0.25) is 0 Å². The summed E-state index contributed by atoms with van der Waals surface area (Å²) in [4.78, 5) is 6.09. The summed E-state index contributed by atoms with van der Waals surface area (Å²) in [6.45, 7) is 2.36. The van der Waals surface area contributed by atoms with Crippen molar-refractivity contribution >= 4 is 40.0 Å². The predicted octanol–water partition coefficient (Wildman–Crippen LogP) is 1.69. The van der Waals surface area contributed by atoms with Crippen LogP contribution in [0, 0.1) is 0 Å². The standard InChI is InChI=1S/C20H34N4O5S.HI/c1-21-20(24(2)12-14-29-18-9-7-17(27-3)8-10-18)22-11-15-30(25,26)23-16-19-6-4-5-13-28-19;/h7-10,19,23H,4-6,11-16H2,1-3H3,(H,21,22);1H. The van der Waals surface area contributed by atoms with Crippen LogP contribution in [-0.4, -0.2) is 85.2 Å². The second-order valence-corrected chi connectivity index (χ2v) is 9.00. The molecular weight excluding hydrogens is 535 g/mol. The van der Waals surface area contributed by atoms with Crippen molar-refractivity contribution in [3.8, 4) is 11.5 Å². The van der Waals surface area contributed by atoms with Gasteiger partial charge in [0.05, 0.1) is 25.5 Å². The lowest BCUT2D eigenvalue weighted by atomic mass is 10.1. The Kier molecular flexibility index (Phi) is 13.1. The molecule has 0 aromatic heterocycles. The van der Waals surface area contributed by atoms with Crippen molar-refractivity contribution in [2.24, 2.45) is 4.99 Å². The molecule has 1 aromatic carbocycles. The van der Waals surface area contributed by atoms with Crippen molar-refractivity contribution in [2.45, 2.75) is 25.4 Å². The summed E-state index contributed by atoms with van der Waals surface area (Å²) in [6.07, 6.45) is 3.01. The molecule has 1 aliphatic heterocycles. The van der Waals surface area contributed by atoms with Gasteiger partial charge >= 0.3 is 0 Å². The van der Waals surface area contributed by atoms with Gasteiger partial charge in [-0.05, 0) is 43.5 Å². The van der Waals surface area contributed by atoms with Gasteiger partial charge in [-0.1, -0.05) is 0 Å². The molecule has 0 amide bonds. The van der Waals surface area contributed by atoms with E-state index >= 15 is 0 Å². The average molecular weight is 570 g/mol. The van der Waals surface area contributed by atoms with Crippen LogP contribution < -0.4 is 19.5 Å². The van der Waals surface area contributed by atoms with Crippen LogP contribution in [0.15, 0.2) is 29.3 Å². The zero-order valence-corrected chi connectivity index (χ0v) is 21.6. The van der Waals surface area contributed by atoms with Gasteiger partial charge in [-0.25, -0.2) is 13.1 Å². The van der Waals surface area contributed by atoms with Gasteiger partial charge in [0.15, 0.2) is 5.96 Å². The molecule has 0 saturated carbocycles. The fourth-order valence-corrected chi connectivity index (χ4v) is 3.98. The number of hydrogen-bond acceptors (Lipinski definition) is 6. The van der Waals surface area contributed by atoms with Crippen LogP contribution in [0.3, 0.4) is 0 Å². The van der Waals surface area contributed by atoms with Crippen molar-refractivity contribution in [3.05, 3.63) is 24.3 Å². The average Bonchev–Trinajstić information content (AvgIpc) is 2.76. The smallest absolute Gasteiger partial charge is 0.213 e. The SMILES string of the molecule is CN=C(NCCS(=O)(=O)NCC1CCCCO1)N(C)CCOc1ccc(OC)cc1.I. The van der Waals surface area contributed by atoms with E-state index in [4.69, 9.17) is 14.2 Å². The van der Waals surface area contributed by atoms with Crippen LogP contribution >= 0.6 is 24.0 Å². The minimum absolute atomic E-state index is 0. The Bertz CT molecular complexity index is 755. The maximum absolute atomic E-state index is 12.2. The molecule has 2 N–H and O–H groups in total. The predicted molar refractivity (Wildman–Crippen MR) is 133 cm³/mol. The molecule has 0 radical (unpaired) electrons. The van der Waals surface area contributed by atoms with Crippen LogP contribution in [0.25, 0.3) is 0 Å². The lowest BCUT2D eigenvalue weighted by Crippen LogP contribution is -2.44. The van der Waals surface area contributed by atoms with Gasteiger partial charge in [0, 0.05) is 33.8 Å². The summed E-state index contributed by atoms with van der Waals surface area (Å²) in [6, 6.07) is 7.38. The number of methoxy groups -OCH3 is 1. The molecule has 9 nitrogen and oxygen atoms in total. The number of nitrogens with one attached hydrogen (secondary N) is 2. The van der Waals surface area contributed by atoms with Crippen LogP contribution in [0.5, 0.6) is 11.5 Å². The Morgan fingerprint density at radius 1 is 1.26 bits per heavy atom. The normalized spacial score (nSPS) is 16.9. The molecule has 1 fully saturated rings. The fourth-order valence-electron chi connectivity index (χ4n) is 3.02. The van der Waals surface area contributed by atoms with E-state index in [1.54, 1.807) is 14.2 Å². The molecule has 11 heteroatoms. The molecule has 1 atom stereocenters. The van der Waals surface area contributed by atoms with Crippen molar-refractivity contribution < 1.29 is 22.6 Å². The molecule has 1 heterocycles. The van der Waals surface area contributed by atoms with Gasteiger partial charge in [0.1, 0.15) is 18.1 Å². The van der Waals surface area contributed by atoms with E-state index in [0.29, 0.717) is 32.3 Å². The van der Waals surface area contributed by atoms with Crippen molar-refractivity contribution in [1.82, 2.24) is 14.9 Å². The summed E-state index contributed by atoms with van der Waals surface area (Å²) in [5.74, 6) is 2.11. The number of benzene rings is 1. The molecule has 178 valence electrons. The van der Waals surface area contributed by atoms with Crippen molar-refractivity contribution in [1.29, 1.82) is 0 Å². The highest BCUT2D eigenvalue weighted by molar-refractivity contribution is 14.0. The van der Waals surface area contributed by atoms with Crippen LogP contribution in [-0.2, 0) is 14.8 Å². The van der Waals surface area contributed by atoms with Crippen molar-refractivity contribution in [2.75, 3.05) is 59.8 Å². The van der Waals surface area contributed by atoms with Gasteiger partial charge in [-0.15, -0.1) is 24.0 Å². The first-order valence-electron chi connectivity index (χ1n) is 10.2. The van der Waals surface area contributed by atoms with Crippen molar-refractivity contribution in [3.63, 3.8) is 0 Å². The second-order valence-electron chi connectivity index (χ2n) is 7.08. The summed E-state index contributed by atoms with van der Waals surface area (Å²) in [5.41, 5.74) is 0. The van der Waals surface area contributed by atoms with Gasteiger partial charge < -0.3 is 24.4 Å². The molecule has 1 unspecified atom stereocenters. The highest BCUT2D eigenvalue weighted by Gasteiger charge is 2.18. The maximum Gasteiger partial charge on any atom is 0.213 e. The number of sulfonamides is 1. The van der Waals surface area contributed by atoms with E-state index in [-0.39, 0.29) is 42.4 Å². The molecular formula is C20H35IN4O5S. The number of hydrogen-bond donors (Lipinski definition) is 2. The molecule has 1 saturated heterocycles. The van der Waals surface area contributed by atoms with E-state index in [1.807, 2.05) is 36.2 Å². The molecule has 1 aliphatic rings. The molecule has 1 aromatic rings. The highest BCUT2D eigenvalue weighted by Crippen LogP contribution is 2.16. The first-order valence-corrected chi connectivity index (χ1v) is 11.9. The Hall–Kier alpha value is -1.31. The number of guanidine groups is 1. The quantitative estimate of drug-likeness (QED) is 0.237. The van der Waals surface area contributed by atoms with Crippen LogP contribution in [0.1, 0.15) is 19.3 Å². The summed E-state index contributed by atoms with van der Waals surface area (Å²) in [5, 5.41) is 3.08. The third-order valence-electron chi connectivity index (χ3n) is 4.79. The Labute approximate surface area is 203 Å². The Morgan fingerprint density at radius 2 is 1.97 bits per heavy atom. The topological polar surface area (TPSA) is 101 Å². The van der Waals surface area contributed by atoms with Gasteiger partial charge in [0.2, 0.25) is 10.0 Å². The number of ether oxygens (including phenoxy) is 3. The maximum atomic E-state index is 12.2. The number of likely N-dealkylation sites (N-methyl/N-ethyl adjacent to an activating group) is 1. The fraction of sp³-hybridized carbons (Fsp3) is 0.650. The number of rotatable bonds is 11. The number of nitrogens with zero attached hydrogens (tertiary/aromatic N) is 2. The highest BCUT2D eigenvalue weighted by atomic mass is 127. The monoisotopic (exact) mass is 570 g/mol. The molecule has 0 aliphatic carbocycles. The lowest BCUT2D eigenvalue weighted by molar-refractivity contribution is 0.0200. The van der Waals surface area contributed by atoms with E-state index in [0.717, 1.165) is 30.8 Å². The third-order valence-corrected chi connectivity index (χ3v) is 6.14. The number of aliphatic imine (C=N–C) groups is 1. The third kappa shape index (κ3) is 10.7. The van der Waals surface area contributed by atoms with E-state index in [1.165, 1.54) is 0 Å². The Balaban J connectivity index is 0.00000480. The minimum Gasteiger partial charge on any atom is -0.497 e. The lowest BCUT2D eigenvalue weighted by Gasteiger charge is -2.23. The van der Waals surface area contributed by atoms with Gasteiger partial charge in [-0.2, -0.15) is 0 Å². The first-order chi connectivity index (χ1) is 14.4. The second kappa shape index (κ2) is 14.7. The zero-order valence-electron chi connectivity index (χ0n) is 18.5. The summed E-state index contributed by atoms with van der Waals surface area (Å²) in [7, 11) is 1.79. The first kappa shape index (κ1) is 27.7. The molecule has 2 rings (SSSR count). The molecule has 0 spiro atoms. The zero-order chi connectivity index (χ0) is 21.8. The van der Waals surface area contributed by atoms with Crippen LogP contribution in [0.4, 0.5) is 0 Å². The van der Waals surface area contributed by atoms with Gasteiger partial charge in [-0.3, -0.25) is 4.99 Å². The minimum atomic E-state index is -3.37. The molecule has 31 heavy (non-hydrogen) atoms.